The number of halogens is 4. The summed E-state index contributed by atoms with van der Waals surface area (Å²) in [5.74, 6) is -0.332. The Balaban J connectivity index is 2.27. The van der Waals surface area contributed by atoms with Crippen molar-refractivity contribution in [2.24, 2.45) is 0 Å². The number of nitrogens with zero attached hydrogens (tertiary/aromatic N) is 1. The maximum atomic E-state index is 12.2. The summed E-state index contributed by atoms with van der Waals surface area (Å²) in [6.45, 7) is 0. The first-order valence-corrected chi connectivity index (χ1v) is 6.50. The molecule has 2 aromatic carbocycles. The van der Waals surface area contributed by atoms with Crippen LogP contribution in [0.2, 0.25) is 0 Å². The van der Waals surface area contributed by atoms with Crippen LogP contribution in [0.25, 0.3) is 0 Å². The molecule has 0 bridgehead atoms. The van der Waals surface area contributed by atoms with Crippen LogP contribution in [0.1, 0.15) is 5.56 Å². The van der Waals surface area contributed by atoms with Crippen molar-refractivity contribution in [3.63, 3.8) is 0 Å². The van der Waals surface area contributed by atoms with Crippen LogP contribution in [-0.2, 0) is 0 Å². The van der Waals surface area contributed by atoms with E-state index in [1.807, 2.05) is 6.07 Å². The fourth-order valence-electron chi connectivity index (χ4n) is 1.67. The van der Waals surface area contributed by atoms with Gasteiger partial charge in [0.2, 0.25) is 0 Å². The van der Waals surface area contributed by atoms with Crippen molar-refractivity contribution in [2.75, 3.05) is 5.32 Å². The predicted molar refractivity (Wildman–Crippen MR) is 75.3 cm³/mol. The minimum absolute atomic E-state index is 0.332. The summed E-state index contributed by atoms with van der Waals surface area (Å²) in [4.78, 5) is 0. The SMILES string of the molecule is N#Cc1c(Br)cccc1Nc1cccc(OC(F)(F)F)c1. The van der Waals surface area contributed by atoms with Gasteiger partial charge in [0.15, 0.2) is 0 Å². The second kappa shape index (κ2) is 6.06. The first kappa shape index (κ1) is 15.2. The molecule has 0 saturated heterocycles. The first-order chi connectivity index (χ1) is 9.89. The quantitative estimate of drug-likeness (QED) is 0.844. The van der Waals surface area contributed by atoms with Crippen molar-refractivity contribution in [2.45, 2.75) is 6.36 Å². The van der Waals surface area contributed by atoms with E-state index in [1.54, 1.807) is 24.3 Å². The number of ether oxygens (including phenoxy) is 1. The van der Waals surface area contributed by atoms with E-state index in [1.165, 1.54) is 18.2 Å². The van der Waals surface area contributed by atoms with Crippen molar-refractivity contribution >= 4 is 27.3 Å². The maximum absolute atomic E-state index is 12.2. The second-order valence-electron chi connectivity index (χ2n) is 3.97. The Hall–Kier alpha value is -2.20. The molecule has 2 aromatic rings. The Morgan fingerprint density at radius 1 is 1.14 bits per heavy atom. The molecule has 0 aromatic heterocycles. The van der Waals surface area contributed by atoms with E-state index in [0.717, 1.165) is 0 Å². The minimum Gasteiger partial charge on any atom is -0.406 e. The highest BCUT2D eigenvalue weighted by Gasteiger charge is 2.31. The highest BCUT2D eigenvalue weighted by molar-refractivity contribution is 9.10. The summed E-state index contributed by atoms with van der Waals surface area (Å²) in [5.41, 5.74) is 1.22. The van der Waals surface area contributed by atoms with Gasteiger partial charge in [-0.1, -0.05) is 12.1 Å². The van der Waals surface area contributed by atoms with Crippen molar-refractivity contribution in [1.82, 2.24) is 0 Å². The summed E-state index contributed by atoms with van der Waals surface area (Å²) in [7, 11) is 0. The van der Waals surface area contributed by atoms with Gasteiger partial charge in [-0.25, -0.2) is 0 Å². The number of nitriles is 1. The summed E-state index contributed by atoms with van der Waals surface area (Å²) < 4.78 is 41.0. The van der Waals surface area contributed by atoms with Crippen LogP contribution < -0.4 is 10.1 Å². The Labute approximate surface area is 127 Å². The molecule has 0 aliphatic carbocycles. The molecule has 21 heavy (non-hydrogen) atoms. The van der Waals surface area contributed by atoms with E-state index in [4.69, 9.17) is 5.26 Å². The summed E-state index contributed by atoms with van der Waals surface area (Å²) in [6.07, 6.45) is -4.74. The Kier molecular flexibility index (Phi) is 4.38. The van der Waals surface area contributed by atoms with E-state index < -0.39 is 6.36 Å². The summed E-state index contributed by atoms with van der Waals surface area (Å²) in [5, 5.41) is 12.0. The fraction of sp³-hybridized carbons (Fsp3) is 0.0714. The molecular weight excluding hydrogens is 349 g/mol. The average molecular weight is 357 g/mol. The zero-order valence-electron chi connectivity index (χ0n) is 10.4. The number of nitrogens with one attached hydrogen (secondary N) is 1. The molecule has 0 unspecified atom stereocenters. The molecule has 0 aliphatic heterocycles. The average Bonchev–Trinajstić information content (AvgIpc) is 2.37. The zero-order chi connectivity index (χ0) is 15.5. The number of benzene rings is 2. The van der Waals surface area contributed by atoms with Crippen LogP contribution in [0.4, 0.5) is 24.5 Å². The molecule has 108 valence electrons. The lowest BCUT2D eigenvalue weighted by atomic mass is 10.2. The molecule has 0 aliphatic rings. The molecular formula is C14H8BrF3N2O. The van der Waals surface area contributed by atoms with E-state index in [9.17, 15) is 13.2 Å². The molecule has 1 N–H and O–H groups in total. The molecule has 0 heterocycles. The summed E-state index contributed by atoms with van der Waals surface area (Å²) in [6, 6.07) is 12.5. The monoisotopic (exact) mass is 356 g/mol. The van der Waals surface area contributed by atoms with E-state index in [-0.39, 0.29) is 5.75 Å². The zero-order valence-corrected chi connectivity index (χ0v) is 12.0. The van der Waals surface area contributed by atoms with Gasteiger partial charge in [0.05, 0.1) is 11.3 Å². The first-order valence-electron chi connectivity index (χ1n) is 5.70. The molecule has 2 rings (SSSR count). The predicted octanol–water partition coefficient (Wildman–Crippen LogP) is 4.96. The molecule has 0 amide bonds. The van der Waals surface area contributed by atoms with Gasteiger partial charge in [0.25, 0.3) is 0 Å². The van der Waals surface area contributed by atoms with Crippen LogP contribution in [0, 0.1) is 11.3 Å². The van der Waals surface area contributed by atoms with Crippen LogP contribution >= 0.6 is 15.9 Å². The van der Waals surface area contributed by atoms with Gasteiger partial charge < -0.3 is 10.1 Å². The number of rotatable bonds is 3. The lowest BCUT2D eigenvalue weighted by molar-refractivity contribution is -0.274. The molecule has 3 nitrogen and oxygen atoms in total. The molecule has 7 heteroatoms. The van der Waals surface area contributed by atoms with E-state index in [0.29, 0.717) is 21.4 Å². The van der Waals surface area contributed by atoms with Gasteiger partial charge in [-0.05, 0) is 40.2 Å². The van der Waals surface area contributed by atoms with Gasteiger partial charge in [-0.15, -0.1) is 13.2 Å². The third-order valence-corrected chi connectivity index (χ3v) is 3.13. The Morgan fingerprint density at radius 3 is 2.52 bits per heavy atom. The lowest BCUT2D eigenvalue weighted by Gasteiger charge is -2.12. The molecule has 0 fully saturated rings. The van der Waals surface area contributed by atoms with Crippen molar-refractivity contribution in [1.29, 1.82) is 5.26 Å². The van der Waals surface area contributed by atoms with Crippen LogP contribution in [0.5, 0.6) is 5.75 Å². The normalized spacial score (nSPS) is 10.8. The smallest absolute Gasteiger partial charge is 0.406 e. The second-order valence-corrected chi connectivity index (χ2v) is 4.83. The standard InChI is InChI=1S/C14H8BrF3N2O/c15-12-5-2-6-13(11(12)8-19)20-9-3-1-4-10(7-9)21-14(16,17)18/h1-7,20H. The van der Waals surface area contributed by atoms with Gasteiger partial charge in [0, 0.05) is 16.2 Å². The molecule has 0 radical (unpaired) electrons. The highest BCUT2D eigenvalue weighted by Crippen LogP contribution is 2.29. The number of alkyl halides is 3. The van der Waals surface area contributed by atoms with Gasteiger partial charge >= 0.3 is 6.36 Å². The third-order valence-electron chi connectivity index (χ3n) is 2.47. The van der Waals surface area contributed by atoms with Crippen molar-refractivity contribution in [3.05, 3.63) is 52.5 Å². The van der Waals surface area contributed by atoms with Gasteiger partial charge in [-0.3, -0.25) is 0 Å². The van der Waals surface area contributed by atoms with E-state index >= 15 is 0 Å². The number of anilines is 2. The number of hydrogen-bond donors (Lipinski definition) is 1. The minimum atomic E-state index is -4.74. The largest absolute Gasteiger partial charge is 0.573 e. The van der Waals surface area contributed by atoms with Crippen LogP contribution in [0.15, 0.2) is 46.9 Å². The highest BCUT2D eigenvalue weighted by atomic mass is 79.9. The van der Waals surface area contributed by atoms with Gasteiger partial charge in [-0.2, -0.15) is 5.26 Å². The van der Waals surface area contributed by atoms with Crippen LogP contribution in [0.3, 0.4) is 0 Å². The Bertz CT molecular complexity index is 695. The molecule has 0 spiro atoms. The Morgan fingerprint density at radius 2 is 1.86 bits per heavy atom. The molecule has 0 saturated carbocycles. The van der Waals surface area contributed by atoms with Crippen molar-refractivity contribution in [3.8, 4) is 11.8 Å². The van der Waals surface area contributed by atoms with Crippen LogP contribution in [-0.4, -0.2) is 6.36 Å². The topological polar surface area (TPSA) is 45.0 Å². The third kappa shape index (κ3) is 4.13. The summed E-state index contributed by atoms with van der Waals surface area (Å²) >= 11 is 3.24. The lowest BCUT2D eigenvalue weighted by Crippen LogP contribution is -2.17. The van der Waals surface area contributed by atoms with Crippen molar-refractivity contribution < 1.29 is 17.9 Å². The van der Waals surface area contributed by atoms with Gasteiger partial charge in [0.1, 0.15) is 11.8 Å². The molecule has 0 atom stereocenters. The number of hydrogen-bond acceptors (Lipinski definition) is 3. The van der Waals surface area contributed by atoms with E-state index in [2.05, 4.69) is 26.0 Å². The fourth-order valence-corrected chi connectivity index (χ4v) is 2.12. The maximum Gasteiger partial charge on any atom is 0.573 e.